The standard InChI is InChI=1S/C10H12Cl2O2/c1-6-2-3-7(4-8(6)12)10(14)9(13)5-11/h2-4,9-10,13-14H,5H2,1H3. The third-order valence-corrected chi connectivity index (χ3v) is 2.78. The molecule has 2 unspecified atom stereocenters. The maximum absolute atomic E-state index is 9.61. The molecule has 0 radical (unpaired) electrons. The molecule has 0 fully saturated rings. The topological polar surface area (TPSA) is 40.5 Å². The summed E-state index contributed by atoms with van der Waals surface area (Å²) < 4.78 is 0. The van der Waals surface area contributed by atoms with Crippen LogP contribution in [0.15, 0.2) is 18.2 Å². The molecule has 1 aromatic carbocycles. The number of aliphatic hydroxyl groups excluding tert-OH is 2. The van der Waals surface area contributed by atoms with Gasteiger partial charge in [-0.1, -0.05) is 23.7 Å². The molecule has 2 N–H and O–H groups in total. The van der Waals surface area contributed by atoms with Crippen molar-refractivity contribution in [3.05, 3.63) is 34.3 Å². The number of aliphatic hydroxyl groups is 2. The predicted molar refractivity (Wildman–Crippen MR) is 57.9 cm³/mol. The van der Waals surface area contributed by atoms with Crippen LogP contribution in [-0.4, -0.2) is 22.2 Å². The Labute approximate surface area is 93.1 Å². The zero-order valence-corrected chi connectivity index (χ0v) is 9.26. The summed E-state index contributed by atoms with van der Waals surface area (Å²) in [6.45, 7) is 1.87. The lowest BCUT2D eigenvalue weighted by molar-refractivity contribution is 0.0327. The summed E-state index contributed by atoms with van der Waals surface area (Å²) in [6.07, 6.45) is -1.94. The first-order valence-corrected chi connectivity index (χ1v) is 5.15. The van der Waals surface area contributed by atoms with E-state index < -0.39 is 12.2 Å². The number of benzene rings is 1. The summed E-state index contributed by atoms with van der Waals surface area (Å²) in [5.41, 5.74) is 1.51. The van der Waals surface area contributed by atoms with Gasteiger partial charge < -0.3 is 10.2 Å². The fourth-order valence-electron chi connectivity index (χ4n) is 1.10. The number of halogens is 2. The van der Waals surface area contributed by atoms with Crippen LogP contribution in [0.25, 0.3) is 0 Å². The molecule has 0 aromatic heterocycles. The third kappa shape index (κ3) is 2.61. The lowest BCUT2D eigenvalue weighted by atomic mass is 10.0. The lowest BCUT2D eigenvalue weighted by Gasteiger charge is -2.16. The molecule has 0 heterocycles. The summed E-state index contributed by atoms with van der Waals surface area (Å²) in [6, 6.07) is 5.15. The van der Waals surface area contributed by atoms with Gasteiger partial charge in [0.25, 0.3) is 0 Å². The quantitative estimate of drug-likeness (QED) is 0.789. The maximum Gasteiger partial charge on any atom is 0.106 e. The molecular weight excluding hydrogens is 223 g/mol. The first-order chi connectivity index (χ1) is 6.56. The van der Waals surface area contributed by atoms with Gasteiger partial charge in [-0.05, 0) is 24.1 Å². The molecule has 4 heteroatoms. The number of alkyl halides is 1. The maximum atomic E-state index is 9.61. The van der Waals surface area contributed by atoms with Crippen molar-refractivity contribution in [3.8, 4) is 0 Å². The average molecular weight is 235 g/mol. The van der Waals surface area contributed by atoms with Crippen molar-refractivity contribution in [2.45, 2.75) is 19.1 Å². The van der Waals surface area contributed by atoms with Crippen molar-refractivity contribution in [3.63, 3.8) is 0 Å². The molecule has 0 spiro atoms. The Morgan fingerprint density at radius 1 is 1.36 bits per heavy atom. The Kier molecular flexibility index (Phi) is 4.20. The molecule has 0 aliphatic rings. The van der Waals surface area contributed by atoms with E-state index in [9.17, 15) is 10.2 Å². The van der Waals surface area contributed by atoms with Crippen LogP contribution in [0.3, 0.4) is 0 Å². The molecule has 2 nitrogen and oxygen atoms in total. The molecule has 1 rings (SSSR count). The minimum Gasteiger partial charge on any atom is -0.389 e. The van der Waals surface area contributed by atoms with E-state index in [2.05, 4.69) is 0 Å². The second kappa shape index (κ2) is 4.99. The van der Waals surface area contributed by atoms with Crippen LogP contribution >= 0.6 is 23.2 Å². The minimum atomic E-state index is -0.981. The van der Waals surface area contributed by atoms with Crippen LogP contribution in [0, 0.1) is 6.92 Å². The van der Waals surface area contributed by atoms with Crippen molar-refractivity contribution in [2.75, 3.05) is 5.88 Å². The number of rotatable bonds is 3. The van der Waals surface area contributed by atoms with Gasteiger partial charge in [-0.15, -0.1) is 11.6 Å². The smallest absolute Gasteiger partial charge is 0.106 e. The third-order valence-electron chi connectivity index (χ3n) is 2.06. The van der Waals surface area contributed by atoms with E-state index in [0.717, 1.165) is 5.56 Å². The summed E-state index contributed by atoms with van der Waals surface area (Å²) in [5, 5.41) is 19.5. The van der Waals surface area contributed by atoms with Crippen LogP contribution in [0.4, 0.5) is 0 Å². The van der Waals surface area contributed by atoms with Gasteiger partial charge >= 0.3 is 0 Å². The molecular formula is C10H12Cl2O2. The Hall–Kier alpha value is -0.280. The highest BCUT2D eigenvalue weighted by atomic mass is 35.5. The highest BCUT2D eigenvalue weighted by molar-refractivity contribution is 6.31. The first-order valence-electron chi connectivity index (χ1n) is 4.24. The van der Waals surface area contributed by atoms with Crippen molar-refractivity contribution in [2.24, 2.45) is 0 Å². The van der Waals surface area contributed by atoms with Crippen molar-refractivity contribution >= 4 is 23.2 Å². The second-order valence-electron chi connectivity index (χ2n) is 3.18. The Bertz CT molecular complexity index is 315. The van der Waals surface area contributed by atoms with Crippen LogP contribution < -0.4 is 0 Å². The van der Waals surface area contributed by atoms with Gasteiger partial charge in [-0.3, -0.25) is 0 Å². The molecule has 0 amide bonds. The normalized spacial score (nSPS) is 15.2. The Morgan fingerprint density at radius 3 is 2.50 bits per heavy atom. The highest BCUT2D eigenvalue weighted by Gasteiger charge is 2.17. The molecule has 2 atom stereocenters. The van der Waals surface area contributed by atoms with E-state index in [1.54, 1.807) is 18.2 Å². The highest BCUT2D eigenvalue weighted by Crippen LogP contribution is 2.23. The fraction of sp³-hybridized carbons (Fsp3) is 0.400. The summed E-state index contributed by atoms with van der Waals surface area (Å²) >= 11 is 11.3. The van der Waals surface area contributed by atoms with Gasteiger partial charge in [0.15, 0.2) is 0 Å². The fourth-order valence-corrected chi connectivity index (χ4v) is 1.46. The molecule has 0 bridgehead atoms. The van der Waals surface area contributed by atoms with Gasteiger partial charge in [0, 0.05) is 5.02 Å². The van der Waals surface area contributed by atoms with Gasteiger partial charge in [-0.2, -0.15) is 0 Å². The molecule has 78 valence electrons. The monoisotopic (exact) mass is 234 g/mol. The lowest BCUT2D eigenvalue weighted by Crippen LogP contribution is -2.19. The Morgan fingerprint density at radius 2 is 2.00 bits per heavy atom. The van der Waals surface area contributed by atoms with E-state index in [-0.39, 0.29) is 5.88 Å². The van der Waals surface area contributed by atoms with Gasteiger partial charge in [0.05, 0.1) is 12.0 Å². The van der Waals surface area contributed by atoms with Crippen molar-refractivity contribution in [1.82, 2.24) is 0 Å². The zero-order valence-electron chi connectivity index (χ0n) is 7.74. The van der Waals surface area contributed by atoms with Gasteiger partial charge in [0.2, 0.25) is 0 Å². The number of hydrogen-bond acceptors (Lipinski definition) is 2. The predicted octanol–water partition coefficient (Wildman–Crippen LogP) is 2.28. The summed E-state index contributed by atoms with van der Waals surface area (Å²) in [5.74, 6) is -0.00728. The van der Waals surface area contributed by atoms with Crippen LogP contribution in [0.2, 0.25) is 5.02 Å². The van der Waals surface area contributed by atoms with E-state index >= 15 is 0 Å². The molecule has 1 aromatic rings. The van der Waals surface area contributed by atoms with Gasteiger partial charge in [0.1, 0.15) is 6.10 Å². The van der Waals surface area contributed by atoms with Crippen LogP contribution in [0.5, 0.6) is 0 Å². The SMILES string of the molecule is Cc1ccc(C(O)C(O)CCl)cc1Cl. The molecule has 0 aliphatic carbocycles. The first kappa shape index (κ1) is 11.8. The van der Waals surface area contributed by atoms with Crippen LogP contribution in [0.1, 0.15) is 17.2 Å². The molecule has 0 aliphatic heterocycles. The summed E-state index contributed by atoms with van der Waals surface area (Å²) in [7, 11) is 0. The van der Waals surface area contributed by atoms with E-state index in [1.807, 2.05) is 6.92 Å². The van der Waals surface area contributed by atoms with Crippen molar-refractivity contribution in [1.29, 1.82) is 0 Å². The molecule has 14 heavy (non-hydrogen) atoms. The Balaban J connectivity index is 2.91. The second-order valence-corrected chi connectivity index (χ2v) is 3.89. The summed E-state index contributed by atoms with van der Waals surface area (Å²) in [4.78, 5) is 0. The average Bonchev–Trinajstić information content (AvgIpc) is 2.20. The largest absolute Gasteiger partial charge is 0.389 e. The molecule has 0 saturated heterocycles. The molecule has 0 saturated carbocycles. The van der Waals surface area contributed by atoms with E-state index in [4.69, 9.17) is 23.2 Å². The number of hydrogen-bond donors (Lipinski definition) is 2. The van der Waals surface area contributed by atoms with Gasteiger partial charge in [-0.25, -0.2) is 0 Å². The number of aryl methyl sites for hydroxylation is 1. The zero-order chi connectivity index (χ0) is 10.7. The van der Waals surface area contributed by atoms with E-state index in [1.165, 1.54) is 0 Å². The minimum absolute atomic E-state index is 0.00728. The van der Waals surface area contributed by atoms with Crippen molar-refractivity contribution < 1.29 is 10.2 Å². The van der Waals surface area contributed by atoms with Crippen LogP contribution in [-0.2, 0) is 0 Å². The van der Waals surface area contributed by atoms with E-state index in [0.29, 0.717) is 10.6 Å².